The molecule has 0 spiro atoms. The van der Waals surface area contributed by atoms with Gasteiger partial charge in [-0.25, -0.2) is 0 Å². The Labute approximate surface area is 151 Å². The molecular formula is C20H21F2N3O. The van der Waals surface area contributed by atoms with Crippen LogP contribution in [-0.4, -0.2) is 16.4 Å². The fraction of sp³-hybridized carbons (Fsp3) is 0.250. The highest BCUT2D eigenvalue weighted by Gasteiger charge is 2.17. The molecule has 26 heavy (non-hydrogen) atoms. The number of nitrogens with one attached hydrogen (secondary N) is 1. The molecule has 1 atom stereocenters. The van der Waals surface area contributed by atoms with Gasteiger partial charge in [0.2, 0.25) is 0 Å². The molecule has 2 aromatic carbocycles. The molecule has 4 nitrogen and oxygen atoms in total. The Kier molecular flexibility index (Phi) is 5.51. The molecule has 0 aliphatic rings. The van der Waals surface area contributed by atoms with Gasteiger partial charge in [-0.1, -0.05) is 49.4 Å². The van der Waals surface area contributed by atoms with E-state index in [-0.39, 0.29) is 11.8 Å². The molecule has 1 aromatic heterocycles. The summed E-state index contributed by atoms with van der Waals surface area (Å²) in [7, 11) is 1.89. The summed E-state index contributed by atoms with van der Waals surface area (Å²) in [6.07, 6.45) is 2.76. The molecule has 6 heteroatoms. The van der Waals surface area contributed by atoms with E-state index in [0.717, 1.165) is 28.9 Å². The molecular weight excluding hydrogens is 336 g/mol. The maximum Gasteiger partial charge on any atom is 0.387 e. The maximum atomic E-state index is 12.4. The molecule has 3 rings (SSSR count). The van der Waals surface area contributed by atoms with E-state index in [4.69, 9.17) is 0 Å². The highest BCUT2D eigenvalue weighted by molar-refractivity contribution is 5.52. The standard InChI is InChI=1S/C20H21F2N3O/c1-3-17-18(13-25(2)24-17)23-19(14-7-5-4-6-8-14)15-9-11-16(12-10-15)26-20(21)22/h4-13,19-20,23H,3H2,1-2H3. The van der Waals surface area contributed by atoms with E-state index >= 15 is 0 Å². The van der Waals surface area contributed by atoms with E-state index in [1.54, 1.807) is 28.9 Å². The zero-order chi connectivity index (χ0) is 18.5. The lowest BCUT2D eigenvalue weighted by Gasteiger charge is -2.21. The number of ether oxygens (including phenoxy) is 1. The van der Waals surface area contributed by atoms with Crippen LogP contribution in [0.5, 0.6) is 5.75 Å². The quantitative estimate of drug-likeness (QED) is 0.661. The largest absolute Gasteiger partial charge is 0.435 e. The van der Waals surface area contributed by atoms with Crippen molar-refractivity contribution in [3.05, 3.63) is 77.6 Å². The van der Waals surface area contributed by atoms with Crippen LogP contribution in [0.1, 0.15) is 29.8 Å². The average Bonchev–Trinajstić information content (AvgIpc) is 3.00. The molecule has 136 valence electrons. The van der Waals surface area contributed by atoms with Crippen LogP contribution in [0.4, 0.5) is 14.5 Å². The second kappa shape index (κ2) is 7.99. The fourth-order valence-electron chi connectivity index (χ4n) is 2.92. The second-order valence-corrected chi connectivity index (χ2v) is 5.95. The summed E-state index contributed by atoms with van der Waals surface area (Å²) in [4.78, 5) is 0. The minimum absolute atomic E-state index is 0.133. The lowest BCUT2D eigenvalue weighted by atomic mass is 9.98. The summed E-state index contributed by atoms with van der Waals surface area (Å²) >= 11 is 0. The van der Waals surface area contributed by atoms with E-state index in [1.807, 2.05) is 43.6 Å². The van der Waals surface area contributed by atoms with Gasteiger partial charge in [0.15, 0.2) is 0 Å². The molecule has 1 N–H and O–H groups in total. The first-order valence-corrected chi connectivity index (χ1v) is 8.45. The van der Waals surface area contributed by atoms with Crippen molar-refractivity contribution in [2.45, 2.75) is 26.0 Å². The predicted octanol–water partition coefficient (Wildman–Crippen LogP) is 4.79. The highest BCUT2D eigenvalue weighted by atomic mass is 19.3. The van der Waals surface area contributed by atoms with Crippen LogP contribution < -0.4 is 10.1 Å². The number of hydrogen-bond donors (Lipinski definition) is 1. The van der Waals surface area contributed by atoms with Gasteiger partial charge in [-0.2, -0.15) is 13.9 Å². The van der Waals surface area contributed by atoms with Crippen LogP contribution >= 0.6 is 0 Å². The monoisotopic (exact) mass is 357 g/mol. The van der Waals surface area contributed by atoms with Crippen LogP contribution in [0, 0.1) is 0 Å². The second-order valence-electron chi connectivity index (χ2n) is 5.95. The molecule has 1 unspecified atom stereocenters. The van der Waals surface area contributed by atoms with Crippen LogP contribution in [-0.2, 0) is 13.5 Å². The number of hydrogen-bond acceptors (Lipinski definition) is 3. The van der Waals surface area contributed by atoms with Crippen molar-refractivity contribution in [1.29, 1.82) is 0 Å². The van der Waals surface area contributed by atoms with E-state index in [9.17, 15) is 8.78 Å². The first-order chi connectivity index (χ1) is 12.6. The molecule has 0 aliphatic heterocycles. The molecule has 0 saturated heterocycles. The number of anilines is 1. The van der Waals surface area contributed by atoms with E-state index in [2.05, 4.69) is 22.1 Å². The average molecular weight is 357 g/mol. The molecule has 1 heterocycles. The van der Waals surface area contributed by atoms with Crippen molar-refractivity contribution in [3.8, 4) is 5.75 Å². The number of aromatic nitrogens is 2. The minimum Gasteiger partial charge on any atom is -0.435 e. The third-order valence-corrected chi connectivity index (χ3v) is 4.11. The first kappa shape index (κ1) is 17.9. The van der Waals surface area contributed by atoms with Gasteiger partial charge in [0.25, 0.3) is 0 Å². The van der Waals surface area contributed by atoms with Crippen molar-refractivity contribution in [2.75, 3.05) is 5.32 Å². The fourth-order valence-corrected chi connectivity index (χ4v) is 2.92. The van der Waals surface area contributed by atoms with Gasteiger partial charge >= 0.3 is 6.61 Å². The molecule has 0 bridgehead atoms. The van der Waals surface area contributed by atoms with Gasteiger partial charge in [-0.3, -0.25) is 4.68 Å². The Hall–Kier alpha value is -2.89. The Morgan fingerprint density at radius 3 is 2.31 bits per heavy atom. The highest BCUT2D eigenvalue weighted by Crippen LogP contribution is 2.29. The Balaban J connectivity index is 1.93. The normalized spacial score (nSPS) is 12.2. The number of aryl methyl sites for hydroxylation is 2. The molecule has 0 amide bonds. The summed E-state index contributed by atoms with van der Waals surface area (Å²) in [6, 6.07) is 16.5. The summed E-state index contributed by atoms with van der Waals surface area (Å²) in [5, 5.41) is 8.01. The summed E-state index contributed by atoms with van der Waals surface area (Å²) in [5.74, 6) is 0.145. The topological polar surface area (TPSA) is 39.1 Å². The van der Waals surface area contributed by atoms with Gasteiger partial charge in [-0.05, 0) is 29.7 Å². The zero-order valence-electron chi connectivity index (χ0n) is 14.7. The molecule has 0 radical (unpaired) electrons. The smallest absolute Gasteiger partial charge is 0.387 e. The number of benzene rings is 2. The van der Waals surface area contributed by atoms with Crippen molar-refractivity contribution in [1.82, 2.24) is 9.78 Å². The SMILES string of the molecule is CCc1nn(C)cc1NC(c1ccccc1)c1ccc(OC(F)F)cc1. The summed E-state index contributed by atoms with van der Waals surface area (Å²) in [5.41, 5.74) is 3.95. The first-order valence-electron chi connectivity index (χ1n) is 8.45. The Bertz CT molecular complexity index is 832. The maximum absolute atomic E-state index is 12.4. The van der Waals surface area contributed by atoms with Crippen LogP contribution in [0.2, 0.25) is 0 Å². The van der Waals surface area contributed by atoms with Crippen molar-refractivity contribution >= 4 is 5.69 Å². The minimum atomic E-state index is -2.83. The molecule has 0 saturated carbocycles. The molecule has 3 aromatic rings. The van der Waals surface area contributed by atoms with E-state index in [0.29, 0.717) is 0 Å². The number of halogens is 2. The van der Waals surface area contributed by atoms with Crippen LogP contribution in [0.15, 0.2) is 60.8 Å². The third-order valence-electron chi connectivity index (χ3n) is 4.11. The van der Waals surface area contributed by atoms with E-state index in [1.165, 1.54) is 0 Å². The van der Waals surface area contributed by atoms with Gasteiger partial charge in [0.05, 0.1) is 17.4 Å². The molecule has 0 fully saturated rings. The van der Waals surface area contributed by atoms with Gasteiger partial charge in [0, 0.05) is 13.2 Å². The Morgan fingerprint density at radius 2 is 1.69 bits per heavy atom. The van der Waals surface area contributed by atoms with Crippen LogP contribution in [0.3, 0.4) is 0 Å². The van der Waals surface area contributed by atoms with Gasteiger partial charge in [-0.15, -0.1) is 0 Å². The number of alkyl halides is 2. The molecule has 0 aliphatic carbocycles. The van der Waals surface area contributed by atoms with Crippen molar-refractivity contribution < 1.29 is 13.5 Å². The third kappa shape index (κ3) is 4.20. The summed E-state index contributed by atoms with van der Waals surface area (Å²) in [6.45, 7) is -0.770. The summed E-state index contributed by atoms with van der Waals surface area (Å²) < 4.78 is 31.0. The lowest BCUT2D eigenvalue weighted by molar-refractivity contribution is -0.0498. The number of rotatable bonds is 7. The van der Waals surface area contributed by atoms with Gasteiger partial charge < -0.3 is 10.1 Å². The van der Waals surface area contributed by atoms with Crippen molar-refractivity contribution in [2.24, 2.45) is 7.05 Å². The Morgan fingerprint density at radius 1 is 1.04 bits per heavy atom. The van der Waals surface area contributed by atoms with Crippen molar-refractivity contribution in [3.63, 3.8) is 0 Å². The number of nitrogens with zero attached hydrogens (tertiary/aromatic N) is 2. The van der Waals surface area contributed by atoms with Crippen LogP contribution in [0.25, 0.3) is 0 Å². The van der Waals surface area contributed by atoms with E-state index < -0.39 is 6.61 Å². The van der Waals surface area contributed by atoms with Gasteiger partial charge in [0.1, 0.15) is 5.75 Å². The zero-order valence-corrected chi connectivity index (χ0v) is 14.7. The lowest BCUT2D eigenvalue weighted by Crippen LogP contribution is -2.13. The predicted molar refractivity (Wildman–Crippen MR) is 97.6 cm³/mol.